The highest BCUT2D eigenvalue weighted by molar-refractivity contribution is 6.38. The van der Waals surface area contributed by atoms with Gasteiger partial charge in [0, 0.05) is 0 Å². The molecule has 3 nitrogen and oxygen atoms in total. The van der Waals surface area contributed by atoms with Gasteiger partial charge in [-0.1, -0.05) is 23.2 Å². The van der Waals surface area contributed by atoms with E-state index in [4.69, 9.17) is 38.4 Å². The van der Waals surface area contributed by atoms with Gasteiger partial charge >= 0.3 is 0 Å². The van der Waals surface area contributed by atoms with Gasteiger partial charge in [-0.05, 0) is 24.6 Å². The number of ether oxygens (including phenoxy) is 2. The highest BCUT2D eigenvalue weighted by Gasteiger charge is 2.16. The van der Waals surface area contributed by atoms with Crippen molar-refractivity contribution in [2.45, 2.75) is 6.42 Å². The van der Waals surface area contributed by atoms with Crippen molar-refractivity contribution in [2.24, 2.45) is 5.73 Å². The van der Waals surface area contributed by atoms with E-state index in [-0.39, 0.29) is 0 Å². The van der Waals surface area contributed by atoms with E-state index in [9.17, 15) is 0 Å². The number of benzene rings is 1. The van der Waals surface area contributed by atoms with Gasteiger partial charge in [-0.15, -0.1) is 0 Å². The average molecular weight is 250 g/mol. The lowest BCUT2D eigenvalue weighted by Gasteiger charge is -2.14. The lowest BCUT2D eigenvalue weighted by atomic mass is 10.1. The first-order valence-corrected chi connectivity index (χ1v) is 5.20. The van der Waals surface area contributed by atoms with Crippen LogP contribution in [0.25, 0.3) is 0 Å². The van der Waals surface area contributed by atoms with Gasteiger partial charge in [0.1, 0.15) is 10.8 Å². The molecule has 0 aromatic heterocycles. The van der Waals surface area contributed by atoms with E-state index < -0.39 is 0 Å². The summed E-state index contributed by atoms with van der Waals surface area (Å²) in [5.41, 5.74) is 6.37. The van der Waals surface area contributed by atoms with Crippen LogP contribution >= 0.6 is 23.2 Å². The van der Waals surface area contributed by atoms with Crippen LogP contribution in [0, 0.1) is 0 Å². The van der Waals surface area contributed by atoms with E-state index in [1.807, 2.05) is 0 Å². The molecule has 15 heavy (non-hydrogen) atoms. The Bertz CT molecular complexity index is 356. The first kappa shape index (κ1) is 12.4. The average Bonchev–Trinajstić information content (AvgIpc) is 2.19. The quantitative estimate of drug-likeness (QED) is 0.892. The molecule has 0 fully saturated rings. The Balaban J connectivity index is 3.30. The molecule has 84 valence electrons. The van der Waals surface area contributed by atoms with Crippen LogP contribution in [-0.4, -0.2) is 20.8 Å². The van der Waals surface area contributed by atoms with Gasteiger partial charge in [-0.3, -0.25) is 0 Å². The Labute approximate surface area is 99.1 Å². The van der Waals surface area contributed by atoms with E-state index in [0.717, 1.165) is 5.56 Å². The zero-order chi connectivity index (χ0) is 11.4. The molecule has 0 aliphatic heterocycles. The smallest absolute Gasteiger partial charge is 0.159 e. The third-order valence-electron chi connectivity index (χ3n) is 2.03. The van der Waals surface area contributed by atoms with Gasteiger partial charge in [-0.25, -0.2) is 0 Å². The SMILES string of the molecule is COc1c(Cl)cc(CCN)c(OC)c1Cl. The van der Waals surface area contributed by atoms with E-state index >= 15 is 0 Å². The molecule has 0 aliphatic carbocycles. The minimum atomic E-state index is 0.385. The van der Waals surface area contributed by atoms with E-state index in [1.165, 1.54) is 7.11 Å². The lowest BCUT2D eigenvalue weighted by molar-refractivity contribution is 0.391. The summed E-state index contributed by atoms with van der Waals surface area (Å²) >= 11 is 12.1. The molecule has 0 atom stereocenters. The van der Waals surface area contributed by atoms with Gasteiger partial charge in [0.2, 0.25) is 0 Å². The fourth-order valence-corrected chi connectivity index (χ4v) is 2.11. The Hall–Kier alpha value is -0.640. The third-order valence-corrected chi connectivity index (χ3v) is 2.65. The first-order chi connectivity index (χ1) is 7.15. The number of methoxy groups -OCH3 is 2. The van der Waals surface area contributed by atoms with Gasteiger partial charge in [-0.2, -0.15) is 0 Å². The van der Waals surface area contributed by atoms with Crippen LogP contribution < -0.4 is 15.2 Å². The van der Waals surface area contributed by atoms with Crippen molar-refractivity contribution in [3.05, 3.63) is 21.7 Å². The fourth-order valence-electron chi connectivity index (χ4n) is 1.38. The Morgan fingerprint density at radius 2 is 1.80 bits per heavy atom. The fraction of sp³-hybridized carbons (Fsp3) is 0.400. The van der Waals surface area contributed by atoms with Gasteiger partial charge in [0.25, 0.3) is 0 Å². The molecule has 1 rings (SSSR count). The Morgan fingerprint density at radius 1 is 1.20 bits per heavy atom. The highest BCUT2D eigenvalue weighted by atomic mass is 35.5. The van der Waals surface area contributed by atoms with Crippen LogP contribution in [0.1, 0.15) is 5.56 Å². The van der Waals surface area contributed by atoms with Gasteiger partial charge in [0.15, 0.2) is 5.75 Å². The van der Waals surface area contributed by atoms with Crippen molar-refractivity contribution >= 4 is 23.2 Å². The van der Waals surface area contributed by atoms with Crippen LogP contribution in [0.5, 0.6) is 11.5 Å². The summed E-state index contributed by atoms with van der Waals surface area (Å²) in [5.74, 6) is 0.999. The molecule has 0 radical (unpaired) electrons. The molecule has 5 heteroatoms. The largest absolute Gasteiger partial charge is 0.495 e. The van der Waals surface area contributed by atoms with Crippen molar-refractivity contribution in [1.82, 2.24) is 0 Å². The molecule has 0 unspecified atom stereocenters. The zero-order valence-corrected chi connectivity index (χ0v) is 10.2. The molecule has 0 saturated carbocycles. The van der Waals surface area contributed by atoms with Crippen molar-refractivity contribution in [1.29, 1.82) is 0 Å². The maximum atomic E-state index is 6.08. The molecule has 2 N–H and O–H groups in total. The second kappa shape index (κ2) is 5.45. The zero-order valence-electron chi connectivity index (χ0n) is 8.64. The maximum Gasteiger partial charge on any atom is 0.159 e. The van der Waals surface area contributed by atoms with Crippen molar-refractivity contribution < 1.29 is 9.47 Å². The molecule has 0 heterocycles. The predicted molar refractivity (Wildman–Crippen MR) is 62.3 cm³/mol. The minimum absolute atomic E-state index is 0.385. The standard InChI is InChI=1S/C10H13Cl2NO2/c1-14-9-6(3-4-13)5-7(11)10(15-2)8(9)12/h5H,3-4,13H2,1-2H3. The number of hydrogen-bond donors (Lipinski definition) is 1. The van der Waals surface area contributed by atoms with E-state index in [0.29, 0.717) is 34.5 Å². The Kier molecular flexibility index (Phi) is 4.51. The number of rotatable bonds is 4. The molecule has 0 amide bonds. The molecule has 0 aliphatic rings. The van der Waals surface area contributed by atoms with Crippen LogP contribution in [-0.2, 0) is 6.42 Å². The number of nitrogens with two attached hydrogens (primary N) is 1. The lowest BCUT2D eigenvalue weighted by Crippen LogP contribution is -2.05. The number of hydrogen-bond acceptors (Lipinski definition) is 3. The Morgan fingerprint density at radius 3 is 2.27 bits per heavy atom. The first-order valence-electron chi connectivity index (χ1n) is 4.44. The highest BCUT2D eigenvalue weighted by Crippen LogP contribution is 2.42. The summed E-state index contributed by atoms with van der Waals surface area (Å²) in [6, 6.07) is 1.76. The summed E-state index contributed by atoms with van der Waals surface area (Å²) in [5, 5.41) is 0.850. The third kappa shape index (κ3) is 2.48. The normalized spacial score (nSPS) is 10.2. The van der Waals surface area contributed by atoms with Crippen LogP contribution in [0.15, 0.2) is 6.07 Å². The van der Waals surface area contributed by atoms with E-state index in [2.05, 4.69) is 0 Å². The van der Waals surface area contributed by atoms with Crippen LogP contribution in [0.3, 0.4) is 0 Å². The molecular weight excluding hydrogens is 237 g/mol. The summed E-state index contributed by atoms with van der Waals surface area (Å²) in [6.45, 7) is 0.509. The van der Waals surface area contributed by atoms with E-state index in [1.54, 1.807) is 13.2 Å². The van der Waals surface area contributed by atoms with Crippen molar-refractivity contribution in [3.8, 4) is 11.5 Å². The predicted octanol–water partition coefficient (Wildman–Crippen LogP) is 2.51. The molecule has 0 saturated heterocycles. The summed E-state index contributed by atoms with van der Waals surface area (Å²) < 4.78 is 10.3. The molecule has 1 aromatic carbocycles. The topological polar surface area (TPSA) is 44.5 Å². The maximum absolute atomic E-state index is 6.08. The second-order valence-corrected chi connectivity index (χ2v) is 3.72. The molecular formula is C10H13Cl2NO2. The number of halogens is 2. The second-order valence-electron chi connectivity index (χ2n) is 2.94. The van der Waals surface area contributed by atoms with Crippen LogP contribution in [0.4, 0.5) is 0 Å². The summed E-state index contributed by atoms with van der Waals surface area (Å²) in [7, 11) is 3.06. The summed E-state index contributed by atoms with van der Waals surface area (Å²) in [4.78, 5) is 0. The molecule has 0 bridgehead atoms. The van der Waals surface area contributed by atoms with Gasteiger partial charge in [0.05, 0.1) is 19.2 Å². The van der Waals surface area contributed by atoms with Crippen LogP contribution in [0.2, 0.25) is 10.0 Å². The minimum Gasteiger partial charge on any atom is -0.495 e. The summed E-state index contributed by atoms with van der Waals surface area (Å²) in [6.07, 6.45) is 0.659. The van der Waals surface area contributed by atoms with Crippen molar-refractivity contribution in [3.63, 3.8) is 0 Å². The molecule has 1 aromatic rings. The van der Waals surface area contributed by atoms with Gasteiger partial charge < -0.3 is 15.2 Å². The monoisotopic (exact) mass is 249 g/mol. The molecule has 0 spiro atoms. The van der Waals surface area contributed by atoms with Crippen molar-refractivity contribution in [2.75, 3.05) is 20.8 Å².